The van der Waals surface area contributed by atoms with Gasteiger partial charge < -0.3 is 15.4 Å². The predicted molar refractivity (Wildman–Crippen MR) is 76.1 cm³/mol. The molecule has 2 heterocycles. The highest BCUT2D eigenvalue weighted by Crippen LogP contribution is 2.25. The first kappa shape index (κ1) is 14.9. The minimum Gasteiger partial charge on any atom is -0.368 e. The molecule has 7 heteroatoms. The van der Waals surface area contributed by atoms with E-state index in [-0.39, 0.29) is 37.0 Å². The number of morpholine rings is 1. The Bertz CT molecular complexity index is 595. The van der Waals surface area contributed by atoms with Gasteiger partial charge in [-0.25, -0.2) is 4.39 Å². The number of nitrogens with zero attached hydrogens (tertiary/aromatic N) is 2. The molecule has 0 saturated carbocycles. The molecule has 2 aliphatic heterocycles. The van der Waals surface area contributed by atoms with Crippen molar-refractivity contribution in [2.24, 2.45) is 5.73 Å². The fraction of sp³-hybridized carbons (Fsp3) is 0.467. The van der Waals surface area contributed by atoms with Crippen molar-refractivity contribution in [3.63, 3.8) is 0 Å². The second kappa shape index (κ2) is 6.02. The molecular formula is C15H18FN3O3. The smallest absolute Gasteiger partial charge is 0.249 e. The molecule has 0 radical (unpaired) electrons. The van der Waals surface area contributed by atoms with Crippen molar-refractivity contribution >= 4 is 11.8 Å². The van der Waals surface area contributed by atoms with Crippen LogP contribution in [0, 0.1) is 5.82 Å². The lowest BCUT2D eigenvalue weighted by Crippen LogP contribution is -2.56. The van der Waals surface area contributed by atoms with Crippen molar-refractivity contribution in [1.29, 1.82) is 0 Å². The van der Waals surface area contributed by atoms with Crippen LogP contribution in [0.2, 0.25) is 0 Å². The number of hydrogen-bond donors (Lipinski definition) is 1. The Morgan fingerprint density at radius 3 is 2.86 bits per heavy atom. The van der Waals surface area contributed by atoms with Crippen LogP contribution in [0.25, 0.3) is 0 Å². The largest absolute Gasteiger partial charge is 0.368 e. The van der Waals surface area contributed by atoms with Crippen molar-refractivity contribution in [2.75, 3.05) is 26.2 Å². The summed E-state index contributed by atoms with van der Waals surface area (Å²) in [5.74, 6) is -1.02. The number of hydrogen-bond acceptors (Lipinski definition) is 4. The zero-order valence-electron chi connectivity index (χ0n) is 12.1. The molecule has 0 spiro atoms. The number of fused-ring (bicyclic) bond motifs is 1. The molecule has 1 aromatic rings. The summed E-state index contributed by atoms with van der Waals surface area (Å²) in [6, 6.07) is 6.41. The van der Waals surface area contributed by atoms with Gasteiger partial charge in [0.15, 0.2) is 0 Å². The number of carbonyl (C=O) groups excluding carboxylic acids is 2. The molecule has 1 aromatic carbocycles. The van der Waals surface area contributed by atoms with Gasteiger partial charge >= 0.3 is 0 Å². The maximum atomic E-state index is 13.7. The van der Waals surface area contributed by atoms with Crippen molar-refractivity contribution in [3.8, 4) is 0 Å². The molecule has 2 saturated heterocycles. The highest BCUT2D eigenvalue weighted by atomic mass is 19.1. The van der Waals surface area contributed by atoms with Crippen LogP contribution < -0.4 is 5.73 Å². The Morgan fingerprint density at radius 2 is 2.14 bits per heavy atom. The summed E-state index contributed by atoms with van der Waals surface area (Å²) in [6.45, 7) is 1.44. The molecule has 0 aliphatic carbocycles. The third-order valence-corrected chi connectivity index (χ3v) is 4.13. The summed E-state index contributed by atoms with van der Waals surface area (Å²) in [7, 11) is 0. The number of rotatable bonds is 4. The summed E-state index contributed by atoms with van der Waals surface area (Å²) >= 11 is 0. The molecule has 2 N–H and O–H groups in total. The van der Waals surface area contributed by atoms with Crippen LogP contribution in [-0.2, 0) is 20.9 Å². The molecule has 2 fully saturated rings. The van der Waals surface area contributed by atoms with E-state index >= 15 is 0 Å². The van der Waals surface area contributed by atoms with Crippen molar-refractivity contribution in [3.05, 3.63) is 35.6 Å². The second-order valence-electron chi connectivity index (χ2n) is 5.69. The van der Waals surface area contributed by atoms with Gasteiger partial charge in [0.1, 0.15) is 12.4 Å². The van der Waals surface area contributed by atoms with Gasteiger partial charge in [0.25, 0.3) is 0 Å². The van der Waals surface area contributed by atoms with E-state index in [1.54, 1.807) is 18.2 Å². The summed E-state index contributed by atoms with van der Waals surface area (Å²) in [5, 5.41) is 0. The number of halogens is 1. The molecular weight excluding hydrogens is 289 g/mol. The average molecular weight is 307 g/mol. The molecule has 3 rings (SSSR count). The number of nitrogens with two attached hydrogens (primary N) is 1. The minimum absolute atomic E-state index is 0.0397. The maximum absolute atomic E-state index is 13.7. The second-order valence-corrected chi connectivity index (χ2v) is 5.69. The first-order valence-electron chi connectivity index (χ1n) is 7.19. The first-order chi connectivity index (χ1) is 10.5. The van der Waals surface area contributed by atoms with E-state index in [9.17, 15) is 14.0 Å². The van der Waals surface area contributed by atoms with Crippen molar-refractivity contribution < 1.29 is 18.7 Å². The Balaban J connectivity index is 1.70. The maximum Gasteiger partial charge on any atom is 0.249 e. The quantitative estimate of drug-likeness (QED) is 0.830. The Hall–Kier alpha value is -1.99. The third kappa shape index (κ3) is 2.95. The fourth-order valence-electron chi connectivity index (χ4n) is 3.11. The average Bonchev–Trinajstić information content (AvgIpc) is 2.87. The van der Waals surface area contributed by atoms with E-state index in [4.69, 9.17) is 10.5 Å². The number of primary amides is 1. The lowest BCUT2D eigenvalue weighted by Gasteiger charge is -2.35. The number of ether oxygens (including phenoxy) is 1. The molecule has 0 unspecified atom stereocenters. The van der Waals surface area contributed by atoms with Gasteiger partial charge in [-0.1, -0.05) is 18.2 Å². The van der Waals surface area contributed by atoms with Crippen molar-refractivity contribution in [1.82, 2.24) is 9.80 Å². The molecule has 22 heavy (non-hydrogen) atoms. The van der Waals surface area contributed by atoms with Crippen LogP contribution in [0.5, 0.6) is 0 Å². The van der Waals surface area contributed by atoms with Gasteiger partial charge in [0.2, 0.25) is 11.8 Å². The van der Waals surface area contributed by atoms with Gasteiger partial charge in [-0.15, -0.1) is 0 Å². The van der Waals surface area contributed by atoms with Crippen LogP contribution in [-0.4, -0.2) is 60.0 Å². The molecule has 118 valence electrons. The summed E-state index contributed by atoms with van der Waals surface area (Å²) in [4.78, 5) is 26.6. The normalized spacial score (nSPS) is 25.3. The lowest BCUT2D eigenvalue weighted by atomic mass is 10.1. The molecule has 2 aliphatic rings. The van der Waals surface area contributed by atoms with Crippen LogP contribution in [0.1, 0.15) is 5.56 Å². The molecule has 6 nitrogen and oxygen atoms in total. The Kier molecular flexibility index (Phi) is 4.08. The lowest BCUT2D eigenvalue weighted by molar-refractivity contribution is -0.155. The van der Waals surface area contributed by atoms with E-state index in [2.05, 4.69) is 0 Å². The number of amides is 2. The SMILES string of the molecule is NC(=O)CN1C(=O)CO[C@H]2CN(Cc3ccccc3F)C[C@H]21. The predicted octanol–water partition coefficient (Wildman–Crippen LogP) is -0.277. The molecule has 2 atom stereocenters. The third-order valence-electron chi connectivity index (χ3n) is 4.13. The van der Waals surface area contributed by atoms with E-state index in [1.807, 2.05) is 4.90 Å². The van der Waals surface area contributed by atoms with E-state index in [0.29, 0.717) is 25.2 Å². The number of benzene rings is 1. The highest BCUT2D eigenvalue weighted by Gasteiger charge is 2.43. The highest BCUT2D eigenvalue weighted by molar-refractivity contribution is 5.85. The zero-order chi connectivity index (χ0) is 15.7. The molecule has 0 bridgehead atoms. The zero-order valence-corrected chi connectivity index (χ0v) is 12.1. The van der Waals surface area contributed by atoms with E-state index < -0.39 is 5.91 Å². The van der Waals surface area contributed by atoms with Crippen molar-refractivity contribution in [2.45, 2.75) is 18.7 Å². The topological polar surface area (TPSA) is 75.9 Å². The van der Waals surface area contributed by atoms with Gasteiger partial charge in [-0.05, 0) is 6.07 Å². The number of carbonyl (C=O) groups is 2. The Morgan fingerprint density at radius 1 is 1.36 bits per heavy atom. The van der Waals surface area contributed by atoms with Crippen LogP contribution in [0.4, 0.5) is 4.39 Å². The van der Waals surface area contributed by atoms with Crippen LogP contribution in [0.15, 0.2) is 24.3 Å². The molecule has 0 aromatic heterocycles. The Labute approximate surface area is 127 Å². The number of likely N-dealkylation sites (tertiary alicyclic amines) is 1. The van der Waals surface area contributed by atoms with Gasteiger partial charge in [-0.3, -0.25) is 14.5 Å². The van der Waals surface area contributed by atoms with Gasteiger partial charge in [-0.2, -0.15) is 0 Å². The van der Waals surface area contributed by atoms with Gasteiger partial charge in [0, 0.05) is 25.2 Å². The monoisotopic (exact) mass is 307 g/mol. The molecule has 2 amide bonds. The van der Waals surface area contributed by atoms with Crippen LogP contribution in [0.3, 0.4) is 0 Å². The summed E-state index contributed by atoms with van der Waals surface area (Å²) in [6.07, 6.45) is -0.163. The van der Waals surface area contributed by atoms with E-state index in [1.165, 1.54) is 11.0 Å². The first-order valence-corrected chi connectivity index (χ1v) is 7.19. The minimum atomic E-state index is -0.540. The van der Waals surface area contributed by atoms with Gasteiger partial charge in [0.05, 0.1) is 18.7 Å². The summed E-state index contributed by atoms with van der Waals surface area (Å²) in [5.41, 5.74) is 5.82. The van der Waals surface area contributed by atoms with Crippen LogP contribution >= 0.6 is 0 Å². The summed E-state index contributed by atoms with van der Waals surface area (Å²) < 4.78 is 19.3. The fourth-order valence-corrected chi connectivity index (χ4v) is 3.11. The standard InChI is InChI=1S/C15H18FN3O3/c16-11-4-2-1-3-10(11)5-18-6-12-13(7-18)22-9-15(21)19(12)8-14(17)20/h1-4,12-13H,5-9H2,(H2,17,20)/t12-,13+/m1/s1. The van der Waals surface area contributed by atoms with E-state index in [0.717, 1.165) is 0 Å².